The third-order valence-corrected chi connectivity index (χ3v) is 6.08. The minimum atomic E-state index is -1.86. The van der Waals surface area contributed by atoms with E-state index in [0.29, 0.717) is 11.1 Å². The van der Waals surface area contributed by atoms with Gasteiger partial charge in [0.2, 0.25) is 0 Å². The first-order valence-electron chi connectivity index (χ1n) is 7.95. The van der Waals surface area contributed by atoms with Gasteiger partial charge in [-0.05, 0) is 25.5 Å². The van der Waals surface area contributed by atoms with E-state index in [9.17, 15) is 15.0 Å². The van der Waals surface area contributed by atoms with E-state index in [4.69, 9.17) is 9.15 Å². The third-order valence-electron chi connectivity index (χ3n) is 4.33. The van der Waals surface area contributed by atoms with Crippen molar-refractivity contribution in [2.75, 3.05) is 6.61 Å². The lowest BCUT2D eigenvalue weighted by Crippen LogP contribution is -2.51. The van der Waals surface area contributed by atoms with Crippen LogP contribution in [0.4, 0.5) is 0 Å². The SMILES string of the molecule is CCOC(=O)[C@H]1C=C(C)[C@H](O)C[C@]1(O)c1ccoc1[Si](C)(C)C. The van der Waals surface area contributed by atoms with Gasteiger partial charge in [0.25, 0.3) is 0 Å². The summed E-state index contributed by atoms with van der Waals surface area (Å²) in [4.78, 5) is 12.4. The number of furan rings is 1. The van der Waals surface area contributed by atoms with Gasteiger partial charge in [0.05, 0.1) is 24.4 Å². The van der Waals surface area contributed by atoms with Crippen LogP contribution in [0.5, 0.6) is 0 Å². The molecule has 0 bridgehead atoms. The van der Waals surface area contributed by atoms with Crippen LogP contribution in [0.2, 0.25) is 19.6 Å². The van der Waals surface area contributed by atoms with Crippen molar-refractivity contribution in [3.63, 3.8) is 0 Å². The van der Waals surface area contributed by atoms with Gasteiger partial charge in [-0.1, -0.05) is 25.7 Å². The molecule has 0 amide bonds. The van der Waals surface area contributed by atoms with Crippen LogP contribution in [0.1, 0.15) is 25.8 Å². The van der Waals surface area contributed by atoms with Gasteiger partial charge in [-0.2, -0.15) is 0 Å². The molecule has 0 unspecified atom stereocenters. The van der Waals surface area contributed by atoms with Crippen molar-refractivity contribution in [3.8, 4) is 0 Å². The van der Waals surface area contributed by atoms with Crippen LogP contribution in [-0.2, 0) is 15.1 Å². The van der Waals surface area contributed by atoms with Crippen molar-refractivity contribution in [2.24, 2.45) is 5.92 Å². The number of esters is 1. The van der Waals surface area contributed by atoms with Crippen LogP contribution in [0, 0.1) is 5.92 Å². The molecule has 0 saturated carbocycles. The first-order chi connectivity index (χ1) is 10.6. The number of hydrogen-bond acceptors (Lipinski definition) is 5. The summed E-state index contributed by atoms with van der Waals surface area (Å²) in [6.45, 7) is 10.1. The summed E-state index contributed by atoms with van der Waals surface area (Å²) in [7, 11) is -1.86. The van der Waals surface area contributed by atoms with Crippen LogP contribution in [-0.4, -0.2) is 37.0 Å². The maximum atomic E-state index is 12.4. The Morgan fingerprint density at radius 2 is 2.13 bits per heavy atom. The van der Waals surface area contributed by atoms with Gasteiger partial charge in [0.1, 0.15) is 19.6 Å². The van der Waals surface area contributed by atoms with Gasteiger partial charge in [-0.3, -0.25) is 4.79 Å². The molecule has 1 aliphatic carbocycles. The minimum absolute atomic E-state index is 0.0514. The average molecular weight is 338 g/mol. The molecule has 0 spiro atoms. The summed E-state index contributed by atoms with van der Waals surface area (Å²) >= 11 is 0. The molecule has 3 atom stereocenters. The number of hydrogen-bond donors (Lipinski definition) is 2. The van der Waals surface area contributed by atoms with Crippen molar-refractivity contribution in [2.45, 2.75) is 51.6 Å². The quantitative estimate of drug-likeness (QED) is 0.498. The van der Waals surface area contributed by atoms with Gasteiger partial charge in [0, 0.05) is 12.0 Å². The van der Waals surface area contributed by atoms with Crippen LogP contribution in [0.25, 0.3) is 0 Å². The molecule has 1 aromatic rings. The molecule has 1 aliphatic rings. The number of aliphatic hydroxyl groups is 2. The van der Waals surface area contributed by atoms with Gasteiger partial charge < -0.3 is 19.4 Å². The smallest absolute Gasteiger partial charge is 0.316 e. The van der Waals surface area contributed by atoms with Crippen LogP contribution >= 0.6 is 0 Å². The van der Waals surface area contributed by atoms with Crippen molar-refractivity contribution in [1.82, 2.24) is 0 Å². The van der Waals surface area contributed by atoms with Crippen LogP contribution in [0.15, 0.2) is 28.4 Å². The predicted octanol–water partition coefficient (Wildman–Crippen LogP) is 1.90. The fourth-order valence-corrected chi connectivity index (χ4v) is 4.63. The van der Waals surface area contributed by atoms with Gasteiger partial charge >= 0.3 is 5.97 Å². The first kappa shape index (κ1) is 18.0. The standard InChI is InChI=1S/C17H26O5Si/c1-6-21-15(19)13-9-11(2)14(18)10-17(13,20)12-7-8-22-16(12)23(3,4)5/h7-9,13-14,18,20H,6,10H2,1-5H3/t13-,14-,17+/m1/s1. The number of ether oxygens (including phenoxy) is 1. The van der Waals surface area contributed by atoms with Crippen molar-refractivity contribution < 1.29 is 24.2 Å². The second-order valence-corrected chi connectivity index (χ2v) is 12.2. The molecule has 0 aliphatic heterocycles. The maximum Gasteiger partial charge on any atom is 0.316 e. The number of rotatable bonds is 4. The molecule has 0 aromatic carbocycles. The fourth-order valence-electron chi connectivity index (χ4n) is 3.10. The molecular weight excluding hydrogens is 312 g/mol. The van der Waals surface area contributed by atoms with E-state index in [0.717, 1.165) is 5.38 Å². The highest BCUT2D eigenvalue weighted by molar-refractivity contribution is 6.88. The predicted molar refractivity (Wildman–Crippen MR) is 90.1 cm³/mol. The Kier molecular flexibility index (Phi) is 4.89. The summed E-state index contributed by atoms with van der Waals surface area (Å²) in [6, 6.07) is 1.71. The van der Waals surface area contributed by atoms with E-state index >= 15 is 0 Å². The Morgan fingerprint density at radius 1 is 1.48 bits per heavy atom. The van der Waals surface area contributed by atoms with Gasteiger partial charge in [0.15, 0.2) is 0 Å². The molecule has 23 heavy (non-hydrogen) atoms. The highest BCUT2D eigenvalue weighted by atomic mass is 28.3. The molecule has 0 fully saturated rings. The third kappa shape index (κ3) is 3.29. The summed E-state index contributed by atoms with van der Waals surface area (Å²) < 4.78 is 10.8. The van der Waals surface area contributed by atoms with E-state index in [-0.39, 0.29) is 13.0 Å². The minimum Gasteiger partial charge on any atom is -0.474 e. The Labute approximate surface area is 138 Å². The molecule has 1 heterocycles. The fraction of sp³-hybridized carbons (Fsp3) is 0.588. The molecule has 2 N–H and O–H groups in total. The molecule has 0 saturated heterocycles. The lowest BCUT2D eigenvalue weighted by molar-refractivity contribution is -0.158. The van der Waals surface area contributed by atoms with E-state index < -0.39 is 31.7 Å². The number of carbonyl (C=O) groups excluding carboxylic acids is 1. The van der Waals surface area contributed by atoms with Gasteiger partial charge in [-0.25, -0.2) is 0 Å². The van der Waals surface area contributed by atoms with E-state index in [1.807, 2.05) is 0 Å². The van der Waals surface area contributed by atoms with Crippen molar-refractivity contribution in [3.05, 3.63) is 29.5 Å². The monoisotopic (exact) mass is 338 g/mol. The number of aliphatic hydroxyl groups excluding tert-OH is 1. The van der Waals surface area contributed by atoms with E-state index in [1.54, 1.807) is 32.3 Å². The van der Waals surface area contributed by atoms with E-state index in [1.165, 1.54) is 0 Å². The zero-order chi connectivity index (χ0) is 17.4. The maximum absolute atomic E-state index is 12.4. The average Bonchev–Trinajstić information content (AvgIpc) is 2.93. The summed E-state index contributed by atoms with van der Waals surface area (Å²) in [5.41, 5.74) is -0.253. The highest BCUT2D eigenvalue weighted by Crippen LogP contribution is 2.41. The molecular formula is C17H26O5Si. The molecule has 2 rings (SSSR count). The highest BCUT2D eigenvalue weighted by Gasteiger charge is 2.50. The Hall–Kier alpha value is -1.37. The summed E-state index contributed by atoms with van der Waals surface area (Å²) in [6.07, 6.45) is 2.42. The topological polar surface area (TPSA) is 79.9 Å². The molecule has 128 valence electrons. The second-order valence-electron chi connectivity index (χ2n) is 7.20. The van der Waals surface area contributed by atoms with Crippen LogP contribution in [0.3, 0.4) is 0 Å². The summed E-state index contributed by atoms with van der Waals surface area (Å²) in [5, 5.41) is 22.4. The Morgan fingerprint density at radius 3 is 2.70 bits per heavy atom. The Balaban J connectivity index is 2.56. The Bertz CT molecular complexity index is 613. The van der Waals surface area contributed by atoms with E-state index in [2.05, 4.69) is 19.6 Å². The molecule has 5 nitrogen and oxygen atoms in total. The van der Waals surface area contributed by atoms with Crippen molar-refractivity contribution in [1.29, 1.82) is 0 Å². The normalized spacial score (nSPS) is 28.4. The largest absolute Gasteiger partial charge is 0.474 e. The zero-order valence-corrected chi connectivity index (χ0v) is 15.4. The zero-order valence-electron chi connectivity index (χ0n) is 14.4. The molecule has 1 aromatic heterocycles. The van der Waals surface area contributed by atoms with Crippen molar-refractivity contribution >= 4 is 19.4 Å². The summed E-state index contributed by atoms with van der Waals surface area (Å²) in [5.74, 6) is -1.33. The van der Waals surface area contributed by atoms with Gasteiger partial charge in [-0.15, -0.1) is 0 Å². The number of carbonyl (C=O) groups is 1. The second kappa shape index (κ2) is 6.26. The lowest BCUT2D eigenvalue weighted by Gasteiger charge is -2.40. The first-order valence-corrected chi connectivity index (χ1v) is 11.4. The molecule has 0 radical (unpaired) electrons. The molecule has 6 heteroatoms. The lowest BCUT2D eigenvalue weighted by atomic mass is 9.72. The van der Waals surface area contributed by atoms with Crippen LogP contribution < -0.4 is 5.38 Å².